The van der Waals surface area contributed by atoms with E-state index >= 15 is 0 Å². The molecule has 3 rings (SSSR count). The molecule has 0 aliphatic carbocycles. The third kappa shape index (κ3) is 5.73. The van der Waals surface area contributed by atoms with Crippen LogP contribution in [0.25, 0.3) is 0 Å². The Balaban J connectivity index is 1.88. The van der Waals surface area contributed by atoms with E-state index in [1.165, 1.54) is 19.1 Å². The second kappa shape index (κ2) is 9.65. The van der Waals surface area contributed by atoms with Crippen molar-refractivity contribution in [1.29, 1.82) is 0 Å². The van der Waals surface area contributed by atoms with Gasteiger partial charge in [0.2, 0.25) is 11.8 Å². The number of carbonyl (C=O) groups excluding carboxylic acids is 2. The van der Waals surface area contributed by atoms with Gasteiger partial charge in [0.1, 0.15) is 6.54 Å². The van der Waals surface area contributed by atoms with Crippen molar-refractivity contribution in [2.75, 3.05) is 21.5 Å². The second-order valence-electron chi connectivity index (χ2n) is 7.48. The van der Waals surface area contributed by atoms with Crippen LogP contribution in [0.1, 0.15) is 18.1 Å². The molecule has 0 saturated carbocycles. The van der Waals surface area contributed by atoms with Crippen LogP contribution in [0, 0.1) is 13.8 Å². The standard InChI is InChI=1S/C24H25N3O4S/c1-17-13-18(2)15-22(14-17)27(32(30,31)23-7-5-4-6-8-23)16-24(29)26-21-11-9-20(10-12-21)25-19(3)28/h4-15H,16H2,1-3H3,(H,25,28)(H,26,29). The highest BCUT2D eigenvalue weighted by atomic mass is 32.2. The number of nitrogens with zero attached hydrogens (tertiary/aromatic N) is 1. The number of hydrogen-bond acceptors (Lipinski definition) is 4. The van der Waals surface area contributed by atoms with Crippen LogP contribution in [0.3, 0.4) is 0 Å². The van der Waals surface area contributed by atoms with Crippen molar-refractivity contribution >= 4 is 38.9 Å². The first-order chi connectivity index (χ1) is 15.1. The second-order valence-corrected chi connectivity index (χ2v) is 9.34. The van der Waals surface area contributed by atoms with Gasteiger partial charge in [0.05, 0.1) is 10.6 Å². The summed E-state index contributed by atoms with van der Waals surface area (Å²) in [5, 5.41) is 5.37. The summed E-state index contributed by atoms with van der Waals surface area (Å²) in [6.07, 6.45) is 0. The average molecular weight is 452 g/mol. The van der Waals surface area contributed by atoms with Crippen LogP contribution in [0.15, 0.2) is 77.7 Å². The highest BCUT2D eigenvalue weighted by Crippen LogP contribution is 2.26. The van der Waals surface area contributed by atoms with E-state index in [-0.39, 0.29) is 10.8 Å². The third-order valence-electron chi connectivity index (χ3n) is 4.60. The number of hydrogen-bond donors (Lipinski definition) is 2. The predicted molar refractivity (Wildman–Crippen MR) is 126 cm³/mol. The number of carbonyl (C=O) groups is 2. The lowest BCUT2D eigenvalue weighted by Crippen LogP contribution is -2.38. The summed E-state index contributed by atoms with van der Waals surface area (Å²) < 4.78 is 27.9. The minimum atomic E-state index is -3.97. The zero-order valence-electron chi connectivity index (χ0n) is 18.1. The molecule has 0 aliphatic heterocycles. The molecule has 7 nitrogen and oxygen atoms in total. The van der Waals surface area contributed by atoms with E-state index in [4.69, 9.17) is 0 Å². The van der Waals surface area contributed by atoms with Crippen molar-refractivity contribution < 1.29 is 18.0 Å². The fraction of sp³-hybridized carbons (Fsp3) is 0.167. The Hall–Kier alpha value is -3.65. The Kier molecular flexibility index (Phi) is 6.95. The van der Waals surface area contributed by atoms with Crippen LogP contribution in [0.2, 0.25) is 0 Å². The minimum absolute atomic E-state index is 0.103. The highest BCUT2D eigenvalue weighted by molar-refractivity contribution is 7.92. The molecule has 0 heterocycles. The minimum Gasteiger partial charge on any atom is -0.326 e. The summed E-state index contributed by atoms with van der Waals surface area (Å²) in [4.78, 5) is 24.1. The van der Waals surface area contributed by atoms with Gasteiger partial charge in [-0.05, 0) is 73.5 Å². The van der Waals surface area contributed by atoms with Crippen molar-refractivity contribution in [3.63, 3.8) is 0 Å². The summed E-state index contributed by atoms with van der Waals surface area (Å²) >= 11 is 0. The number of aryl methyl sites for hydroxylation is 2. The van der Waals surface area contributed by atoms with Gasteiger partial charge in [-0.25, -0.2) is 8.42 Å². The molecule has 0 aromatic heterocycles. The van der Waals surface area contributed by atoms with E-state index in [0.717, 1.165) is 15.4 Å². The molecule has 0 fully saturated rings. The smallest absolute Gasteiger partial charge is 0.264 e. The molecular formula is C24H25N3O4S. The third-order valence-corrected chi connectivity index (χ3v) is 6.39. The van der Waals surface area contributed by atoms with Crippen LogP contribution < -0.4 is 14.9 Å². The lowest BCUT2D eigenvalue weighted by Gasteiger charge is -2.25. The number of benzene rings is 3. The molecule has 0 saturated heterocycles. The number of rotatable bonds is 7. The molecule has 2 amide bonds. The van der Waals surface area contributed by atoms with Gasteiger partial charge in [-0.1, -0.05) is 24.3 Å². The molecule has 8 heteroatoms. The molecule has 2 N–H and O–H groups in total. The molecule has 32 heavy (non-hydrogen) atoms. The molecule has 0 spiro atoms. The van der Waals surface area contributed by atoms with Gasteiger partial charge < -0.3 is 10.6 Å². The molecule has 0 aliphatic rings. The first-order valence-electron chi connectivity index (χ1n) is 9.99. The number of sulfonamides is 1. The molecule has 0 radical (unpaired) electrons. The lowest BCUT2D eigenvalue weighted by atomic mass is 10.1. The summed E-state index contributed by atoms with van der Waals surface area (Å²) in [7, 11) is -3.97. The molecule has 3 aromatic rings. The Bertz CT molecular complexity index is 1200. The van der Waals surface area contributed by atoms with Gasteiger partial charge in [-0.15, -0.1) is 0 Å². The van der Waals surface area contributed by atoms with Gasteiger partial charge in [0.15, 0.2) is 0 Å². The summed E-state index contributed by atoms with van der Waals surface area (Å²) in [5.74, 6) is -0.687. The van der Waals surface area contributed by atoms with Crippen LogP contribution >= 0.6 is 0 Å². The largest absolute Gasteiger partial charge is 0.326 e. The molecule has 0 bridgehead atoms. The summed E-state index contributed by atoms with van der Waals surface area (Å²) in [5.41, 5.74) is 3.28. The molecule has 0 atom stereocenters. The van der Waals surface area contributed by atoms with E-state index in [1.807, 2.05) is 19.9 Å². The Labute approximate surface area is 188 Å². The Morgan fingerprint density at radius 1 is 0.812 bits per heavy atom. The Morgan fingerprint density at radius 2 is 1.34 bits per heavy atom. The number of anilines is 3. The maximum absolute atomic E-state index is 13.4. The zero-order valence-corrected chi connectivity index (χ0v) is 18.9. The Morgan fingerprint density at radius 3 is 1.88 bits per heavy atom. The fourth-order valence-corrected chi connectivity index (χ4v) is 4.73. The quantitative estimate of drug-likeness (QED) is 0.565. The zero-order chi connectivity index (χ0) is 23.3. The van der Waals surface area contributed by atoms with E-state index in [0.29, 0.717) is 17.1 Å². The van der Waals surface area contributed by atoms with E-state index in [2.05, 4.69) is 10.6 Å². The monoisotopic (exact) mass is 451 g/mol. The maximum atomic E-state index is 13.4. The van der Waals surface area contributed by atoms with Crippen molar-refractivity contribution in [3.05, 3.63) is 83.9 Å². The predicted octanol–water partition coefficient (Wildman–Crippen LogP) is 4.10. The summed E-state index contributed by atoms with van der Waals surface area (Å²) in [6, 6.07) is 20.0. The van der Waals surface area contributed by atoms with Crippen LogP contribution in [-0.4, -0.2) is 26.8 Å². The fourth-order valence-electron chi connectivity index (χ4n) is 3.30. The van der Waals surface area contributed by atoms with Crippen molar-refractivity contribution in [2.24, 2.45) is 0 Å². The molecule has 0 unspecified atom stereocenters. The summed E-state index contributed by atoms with van der Waals surface area (Å²) in [6.45, 7) is 4.76. The molecular weight excluding hydrogens is 426 g/mol. The average Bonchev–Trinajstić information content (AvgIpc) is 2.73. The van der Waals surface area contributed by atoms with Crippen molar-refractivity contribution in [3.8, 4) is 0 Å². The maximum Gasteiger partial charge on any atom is 0.264 e. The van der Waals surface area contributed by atoms with Gasteiger partial charge >= 0.3 is 0 Å². The van der Waals surface area contributed by atoms with Crippen LogP contribution in [0.4, 0.5) is 17.1 Å². The number of nitrogens with one attached hydrogen (secondary N) is 2. The van der Waals surface area contributed by atoms with Gasteiger partial charge in [-0.3, -0.25) is 13.9 Å². The van der Waals surface area contributed by atoms with Gasteiger partial charge in [0, 0.05) is 18.3 Å². The number of amides is 2. The van der Waals surface area contributed by atoms with E-state index < -0.39 is 22.5 Å². The normalized spacial score (nSPS) is 11.0. The van der Waals surface area contributed by atoms with Crippen LogP contribution in [0.5, 0.6) is 0 Å². The first kappa shape index (κ1) is 23.0. The van der Waals surface area contributed by atoms with Crippen LogP contribution in [-0.2, 0) is 19.6 Å². The van der Waals surface area contributed by atoms with Crippen molar-refractivity contribution in [2.45, 2.75) is 25.7 Å². The molecule has 3 aromatic carbocycles. The van der Waals surface area contributed by atoms with E-state index in [9.17, 15) is 18.0 Å². The van der Waals surface area contributed by atoms with Gasteiger partial charge in [-0.2, -0.15) is 0 Å². The first-order valence-corrected chi connectivity index (χ1v) is 11.4. The molecule has 166 valence electrons. The topological polar surface area (TPSA) is 95.6 Å². The van der Waals surface area contributed by atoms with Crippen molar-refractivity contribution in [1.82, 2.24) is 0 Å². The highest BCUT2D eigenvalue weighted by Gasteiger charge is 2.27. The SMILES string of the molecule is CC(=O)Nc1ccc(NC(=O)CN(c2cc(C)cc(C)c2)S(=O)(=O)c2ccccc2)cc1. The van der Waals surface area contributed by atoms with Gasteiger partial charge in [0.25, 0.3) is 10.0 Å². The van der Waals surface area contributed by atoms with E-state index in [1.54, 1.807) is 54.6 Å². The lowest BCUT2D eigenvalue weighted by molar-refractivity contribution is -0.115.